The first-order chi connectivity index (χ1) is 8.19. The Morgan fingerprint density at radius 1 is 1.41 bits per heavy atom. The maximum atomic E-state index is 5.74. The van der Waals surface area contributed by atoms with E-state index in [4.69, 9.17) is 10.5 Å². The van der Waals surface area contributed by atoms with E-state index in [1.807, 2.05) is 32.2 Å². The van der Waals surface area contributed by atoms with Gasteiger partial charge in [0.25, 0.3) is 0 Å². The van der Waals surface area contributed by atoms with Crippen molar-refractivity contribution in [2.45, 2.75) is 26.4 Å². The molecule has 5 nitrogen and oxygen atoms in total. The summed E-state index contributed by atoms with van der Waals surface area (Å²) in [7, 11) is 0. The fraction of sp³-hybridized carbons (Fsp3) is 0.333. The Bertz CT molecular complexity index is 476. The van der Waals surface area contributed by atoms with Gasteiger partial charge < -0.3 is 10.5 Å². The van der Waals surface area contributed by atoms with E-state index in [9.17, 15) is 0 Å². The van der Waals surface area contributed by atoms with Crippen LogP contribution in [0.3, 0.4) is 0 Å². The molecule has 2 rings (SSSR count). The molecule has 0 aromatic carbocycles. The third-order valence-electron chi connectivity index (χ3n) is 2.44. The highest BCUT2D eigenvalue weighted by Crippen LogP contribution is 2.19. The number of ether oxygens (including phenoxy) is 1. The van der Waals surface area contributed by atoms with Crippen molar-refractivity contribution in [3.63, 3.8) is 0 Å². The van der Waals surface area contributed by atoms with Gasteiger partial charge in [0, 0.05) is 24.8 Å². The van der Waals surface area contributed by atoms with E-state index >= 15 is 0 Å². The molecule has 2 aromatic rings. The molecule has 1 atom stereocenters. The molecule has 0 bridgehead atoms. The van der Waals surface area contributed by atoms with Gasteiger partial charge in [-0.1, -0.05) is 6.07 Å². The van der Waals surface area contributed by atoms with Crippen molar-refractivity contribution in [2.24, 2.45) is 5.73 Å². The molecule has 17 heavy (non-hydrogen) atoms. The normalized spacial score (nSPS) is 12.4. The molecule has 0 aliphatic rings. The van der Waals surface area contributed by atoms with Crippen LogP contribution < -0.4 is 10.5 Å². The molecule has 2 aromatic heterocycles. The summed E-state index contributed by atoms with van der Waals surface area (Å²) in [6.45, 7) is 4.76. The summed E-state index contributed by atoms with van der Waals surface area (Å²) in [6, 6.07) is 3.71. The van der Waals surface area contributed by atoms with Crippen LogP contribution >= 0.6 is 0 Å². The lowest BCUT2D eigenvalue weighted by molar-refractivity contribution is 0.461. The Balaban J connectivity index is 2.08. The number of aryl methyl sites for hydroxylation is 1. The Morgan fingerprint density at radius 3 is 2.76 bits per heavy atom. The lowest BCUT2D eigenvalue weighted by Gasteiger charge is -2.06. The van der Waals surface area contributed by atoms with Crippen molar-refractivity contribution in [3.05, 3.63) is 36.3 Å². The highest BCUT2D eigenvalue weighted by Gasteiger charge is 2.03. The SMILES string of the molecule is CCn1cc(Oc2ccc(C(C)N)cn2)cn1. The lowest BCUT2D eigenvalue weighted by atomic mass is 10.2. The molecule has 0 fully saturated rings. The minimum Gasteiger partial charge on any atom is -0.436 e. The van der Waals surface area contributed by atoms with E-state index in [0.717, 1.165) is 12.1 Å². The molecule has 0 aliphatic heterocycles. The number of hydrogen-bond donors (Lipinski definition) is 1. The average molecular weight is 232 g/mol. The first-order valence-corrected chi connectivity index (χ1v) is 5.61. The summed E-state index contributed by atoms with van der Waals surface area (Å²) in [4.78, 5) is 4.19. The Hall–Kier alpha value is -1.88. The summed E-state index contributed by atoms with van der Waals surface area (Å²) in [5.41, 5.74) is 6.73. The topological polar surface area (TPSA) is 66.0 Å². The van der Waals surface area contributed by atoms with Crippen LogP contribution in [0.5, 0.6) is 11.6 Å². The molecule has 0 saturated carbocycles. The fourth-order valence-corrected chi connectivity index (χ4v) is 1.41. The van der Waals surface area contributed by atoms with Crippen LogP contribution in [-0.2, 0) is 6.54 Å². The van der Waals surface area contributed by atoms with E-state index in [-0.39, 0.29) is 6.04 Å². The van der Waals surface area contributed by atoms with E-state index in [2.05, 4.69) is 10.1 Å². The summed E-state index contributed by atoms with van der Waals surface area (Å²) in [5, 5.41) is 4.12. The summed E-state index contributed by atoms with van der Waals surface area (Å²) in [6.07, 6.45) is 5.23. The lowest BCUT2D eigenvalue weighted by Crippen LogP contribution is -2.05. The number of nitrogens with two attached hydrogens (primary N) is 1. The predicted octanol–water partition coefficient (Wildman–Crippen LogP) is 2.11. The molecule has 2 N–H and O–H groups in total. The zero-order valence-electron chi connectivity index (χ0n) is 10.00. The van der Waals surface area contributed by atoms with Crippen LogP contribution in [0.2, 0.25) is 0 Å². The molecule has 0 aliphatic carbocycles. The monoisotopic (exact) mass is 232 g/mol. The quantitative estimate of drug-likeness (QED) is 0.876. The standard InChI is InChI=1S/C12H16N4O/c1-3-16-8-11(7-15-16)17-12-5-4-10(6-14-12)9(2)13/h4-9H,3,13H2,1-2H3. The minimum absolute atomic E-state index is 0.0145. The molecule has 0 amide bonds. The van der Waals surface area contributed by atoms with Gasteiger partial charge in [-0.3, -0.25) is 4.68 Å². The van der Waals surface area contributed by atoms with Crippen molar-refractivity contribution in [2.75, 3.05) is 0 Å². The fourth-order valence-electron chi connectivity index (χ4n) is 1.41. The Kier molecular flexibility index (Phi) is 3.39. The van der Waals surface area contributed by atoms with Crippen molar-refractivity contribution in [1.82, 2.24) is 14.8 Å². The van der Waals surface area contributed by atoms with Gasteiger partial charge in [-0.05, 0) is 19.4 Å². The molecule has 1 unspecified atom stereocenters. The second kappa shape index (κ2) is 4.97. The van der Waals surface area contributed by atoms with Crippen LogP contribution in [0.25, 0.3) is 0 Å². The summed E-state index contributed by atoms with van der Waals surface area (Å²) >= 11 is 0. The van der Waals surface area contributed by atoms with Crippen LogP contribution in [0.1, 0.15) is 25.5 Å². The first-order valence-electron chi connectivity index (χ1n) is 5.61. The molecule has 2 heterocycles. The number of hydrogen-bond acceptors (Lipinski definition) is 4. The van der Waals surface area contributed by atoms with Gasteiger partial charge in [0.1, 0.15) is 0 Å². The zero-order chi connectivity index (χ0) is 12.3. The van der Waals surface area contributed by atoms with Crippen molar-refractivity contribution in [1.29, 1.82) is 0 Å². The smallest absolute Gasteiger partial charge is 0.219 e. The number of nitrogens with zero attached hydrogens (tertiary/aromatic N) is 3. The third-order valence-corrected chi connectivity index (χ3v) is 2.44. The van der Waals surface area contributed by atoms with E-state index in [0.29, 0.717) is 11.6 Å². The molecule has 90 valence electrons. The summed E-state index contributed by atoms with van der Waals surface area (Å²) < 4.78 is 7.36. The van der Waals surface area contributed by atoms with Gasteiger partial charge >= 0.3 is 0 Å². The van der Waals surface area contributed by atoms with Gasteiger partial charge in [0.05, 0.1) is 12.4 Å². The second-order valence-electron chi connectivity index (χ2n) is 3.85. The van der Waals surface area contributed by atoms with Crippen LogP contribution in [0, 0.1) is 0 Å². The third kappa shape index (κ3) is 2.82. The zero-order valence-corrected chi connectivity index (χ0v) is 10.00. The maximum Gasteiger partial charge on any atom is 0.219 e. The van der Waals surface area contributed by atoms with E-state index < -0.39 is 0 Å². The molecular weight excluding hydrogens is 216 g/mol. The largest absolute Gasteiger partial charge is 0.436 e. The molecular formula is C12H16N4O. The summed E-state index contributed by atoms with van der Waals surface area (Å²) in [5.74, 6) is 1.23. The first kappa shape index (κ1) is 11.6. The van der Waals surface area contributed by atoms with E-state index in [1.54, 1.807) is 17.1 Å². The molecule has 0 saturated heterocycles. The highest BCUT2D eigenvalue weighted by molar-refractivity contribution is 5.24. The van der Waals surface area contributed by atoms with Crippen molar-refractivity contribution < 1.29 is 4.74 Å². The van der Waals surface area contributed by atoms with Crippen molar-refractivity contribution in [3.8, 4) is 11.6 Å². The second-order valence-corrected chi connectivity index (χ2v) is 3.85. The Labute approximate surface area is 100 Å². The molecule has 0 spiro atoms. The number of aromatic nitrogens is 3. The Morgan fingerprint density at radius 2 is 2.24 bits per heavy atom. The maximum absolute atomic E-state index is 5.74. The van der Waals surface area contributed by atoms with Crippen molar-refractivity contribution >= 4 is 0 Å². The molecule has 0 radical (unpaired) electrons. The predicted molar refractivity (Wildman–Crippen MR) is 64.8 cm³/mol. The number of rotatable bonds is 4. The van der Waals surface area contributed by atoms with Gasteiger partial charge in [-0.15, -0.1) is 0 Å². The van der Waals surface area contributed by atoms with Gasteiger partial charge in [-0.2, -0.15) is 5.10 Å². The minimum atomic E-state index is -0.0145. The van der Waals surface area contributed by atoms with Gasteiger partial charge in [0.15, 0.2) is 5.75 Å². The van der Waals surface area contributed by atoms with E-state index in [1.165, 1.54) is 0 Å². The van der Waals surface area contributed by atoms with Crippen LogP contribution in [-0.4, -0.2) is 14.8 Å². The van der Waals surface area contributed by atoms with Gasteiger partial charge in [-0.25, -0.2) is 4.98 Å². The highest BCUT2D eigenvalue weighted by atomic mass is 16.5. The number of pyridine rings is 1. The van der Waals surface area contributed by atoms with Crippen LogP contribution in [0.15, 0.2) is 30.7 Å². The molecule has 5 heteroatoms. The van der Waals surface area contributed by atoms with Crippen LogP contribution in [0.4, 0.5) is 0 Å². The van der Waals surface area contributed by atoms with Gasteiger partial charge in [0.2, 0.25) is 5.88 Å². The average Bonchev–Trinajstić information content (AvgIpc) is 2.77.